The lowest BCUT2D eigenvalue weighted by Crippen LogP contribution is -2.39. The van der Waals surface area contributed by atoms with Crippen LogP contribution in [-0.4, -0.2) is 54.7 Å². The monoisotopic (exact) mass is 329 g/mol. The molecule has 0 saturated carbocycles. The Hall–Kier alpha value is -1.62. The molecule has 0 aromatic carbocycles. The molecule has 2 aliphatic rings. The van der Waals surface area contributed by atoms with E-state index in [0.29, 0.717) is 11.0 Å². The van der Waals surface area contributed by atoms with Crippen LogP contribution in [0.5, 0.6) is 0 Å². The van der Waals surface area contributed by atoms with Gasteiger partial charge in [-0.3, -0.25) is 9.05 Å². The van der Waals surface area contributed by atoms with Crippen molar-refractivity contribution in [2.24, 2.45) is 0 Å². The molecule has 2 aromatic rings. The number of phosphoric acid groups is 1. The minimum absolute atomic E-state index is 0.164. The number of nitrogens with two attached hydrogens (primary N) is 1. The molecular formula is C10H12N5O6P. The maximum atomic E-state index is 11.5. The number of hydrogen-bond donors (Lipinski definition) is 3. The van der Waals surface area contributed by atoms with E-state index in [1.54, 1.807) is 0 Å². The molecule has 0 aliphatic carbocycles. The molecule has 5 unspecified atom stereocenters. The second-order valence-corrected chi connectivity index (χ2v) is 6.38. The van der Waals surface area contributed by atoms with E-state index in [4.69, 9.17) is 15.0 Å². The molecule has 4 N–H and O–H groups in total. The predicted molar refractivity (Wildman–Crippen MR) is 70.3 cm³/mol. The molecule has 2 aliphatic heterocycles. The fourth-order valence-corrected chi connectivity index (χ4v) is 3.57. The Labute approximate surface area is 123 Å². The number of aromatic nitrogens is 4. The minimum Gasteiger partial charge on any atom is -0.385 e. The highest BCUT2D eigenvalue weighted by atomic mass is 31.2. The molecule has 4 rings (SSSR count). The van der Waals surface area contributed by atoms with Gasteiger partial charge < -0.3 is 20.5 Å². The highest BCUT2D eigenvalue weighted by Gasteiger charge is 2.53. The van der Waals surface area contributed by atoms with Crippen molar-refractivity contribution in [3.8, 4) is 0 Å². The maximum Gasteiger partial charge on any atom is 0.472 e. The standard InChI is InChI=1S/C10H12N5O6P/c11-8-4-1-14-15(9(4)13-3-12-8)10-6(16)7-5(20-10)2-19-22(17,18)21-7/h1,3,5-7,10,16H,2H2,(H,17,18)(H2,11,12,13). The molecular weight excluding hydrogens is 317 g/mol. The van der Waals surface area contributed by atoms with Crippen LogP contribution < -0.4 is 5.73 Å². The van der Waals surface area contributed by atoms with Gasteiger partial charge in [0.15, 0.2) is 11.9 Å². The van der Waals surface area contributed by atoms with E-state index in [1.165, 1.54) is 17.2 Å². The van der Waals surface area contributed by atoms with Gasteiger partial charge >= 0.3 is 7.82 Å². The zero-order valence-corrected chi connectivity index (χ0v) is 11.9. The summed E-state index contributed by atoms with van der Waals surface area (Å²) in [6, 6.07) is 0. The van der Waals surface area contributed by atoms with Gasteiger partial charge in [-0.25, -0.2) is 19.2 Å². The number of ether oxygens (including phenoxy) is 1. The van der Waals surface area contributed by atoms with Crippen molar-refractivity contribution < 1.29 is 28.3 Å². The van der Waals surface area contributed by atoms with Crippen molar-refractivity contribution >= 4 is 24.7 Å². The Kier molecular flexibility index (Phi) is 2.98. The number of fused-ring (bicyclic) bond motifs is 2. The van der Waals surface area contributed by atoms with Crippen molar-refractivity contribution in [1.29, 1.82) is 0 Å². The van der Waals surface area contributed by atoms with Crippen LogP contribution in [0.2, 0.25) is 0 Å². The van der Waals surface area contributed by atoms with E-state index in [0.717, 1.165) is 0 Å². The van der Waals surface area contributed by atoms with E-state index in [2.05, 4.69) is 19.6 Å². The summed E-state index contributed by atoms with van der Waals surface area (Å²) in [5.74, 6) is 0.251. The molecule has 5 atom stereocenters. The third kappa shape index (κ3) is 2.02. The van der Waals surface area contributed by atoms with Gasteiger partial charge in [0.1, 0.15) is 30.5 Å². The van der Waals surface area contributed by atoms with Crippen molar-refractivity contribution in [1.82, 2.24) is 19.7 Å². The normalized spacial score (nSPS) is 38.3. The van der Waals surface area contributed by atoms with Gasteiger partial charge in [0, 0.05) is 0 Å². The summed E-state index contributed by atoms with van der Waals surface area (Å²) in [5.41, 5.74) is 6.11. The van der Waals surface area contributed by atoms with Crippen LogP contribution in [0.25, 0.3) is 11.0 Å². The summed E-state index contributed by atoms with van der Waals surface area (Å²) in [4.78, 5) is 17.3. The van der Waals surface area contributed by atoms with Gasteiger partial charge in [0.2, 0.25) is 0 Å². The van der Waals surface area contributed by atoms with Crippen molar-refractivity contribution in [2.75, 3.05) is 12.3 Å². The highest BCUT2D eigenvalue weighted by Crippen LogP contribution is 2.52. The van der Waals surface area contributed by atoms with Crippen LogP contribution >= 0.6 is 7.82 Å². The van der Waals surface area contributed by atoms with Crippen LogP contribution in [0, 0.1) is 0 Å². The Balaban J connectivity index is 1.71. The SMILES string of the molecule is Nc1ncnc2c1cnn2C1OC2COP(=O)(O)OC2C1O. The first-order chi connectivity index (χ1) is 10.5. The number of hydrogen-bond acceptors (Lipinski definition) is 9. The zero-order chi connectivity index (χ0) is 15.5. The average molecular weight is 329 g/mol. The second-order valence-electron chi connectivity index (χ2n) is 4.98. The molecule has 0 radical (unpaired) electrons. The average Bonchev–Trinajstić information content (AvgIpc) is 3.01. The molecule has 11 nitrogen and oxygen atoms in total. The van der Waals surface area contributed by atoms with Crippen LogP contribution in [0.15, 0.2) is 12.5 Å². The fourth-order valence-electron chi connectivity index (χ4n) is 2.60. The van der Waals surface area contributed by atoms with Gasteiger partial charge in [0.25, 0.3) is 0 Å². The first-order valence-electron chi connectivity index (χ1n) is 6.39. The van der Waals surface area contributed by atoms with E-state index in [-0.39, 0.29) is 12.4 Å². The minimum atomic E-state index is -4.17. The molecule has 12 heteroatoms. The number of aliphatic hydroxyl groups excluding tert-OH is 1. The molecule has 2 saturated heterocycles. The molecule has 118 valence electrons. The highest BCUT2D eigenvalue weighted by molar-refractivity contribution is 7.47. The van der Waals surface area contributed by atoms with Crippen LogP contribution in [0.3, 0.4) is 0 Å². The third-order valence-corrected chi connectivity index (χ3v) is 4.61. The van der Waals surface area contributed by atoms with E-state index >= 15 is 0 Å². The van der Waals surface area contributed by atoms with Crippen molar-refractivity contribution in [3.05, 3.63) is 12.5 Å². The van der Waals surface area contributed by atoms with Gasteiger partial charge in [-0.1, -0.05) is 0 Å². The van der Waals surface area contributed by atoms with Crippen molar-refractivity contribution in [2.45, 2.75) is 24.5 Å². The summed E-state index contributed by atoms with van der Waals surface area (Å²) >= 11 is 0. The molecule has 0 spiro atoms. The summed E-state index contributed by atoms with van der Waals surface area (Å²) in [6.07, 6.45) is -1.11. The van der Waals surface area contributed by atoms with E-state index in [1.807, 2.05) is 0 Å². The molecule has 0 amide bonds. The molecule has 0 bridgehead atoms. The number of aliphatic hydroxyl groups is 1. The summed E-state index contributed by atoms with van der Waals surface area (Å²) in [5, 5.41) is 15.0. The Morgan fingerprint density at radius 2 is 2.27 bits per heavy atom. The lowest BCUT2D eigenvalue weighted by molar-refractivity contribution is -0.0694. The molecule has 4 heterocycles. The van der Waals surface area contributed by atoms with Gasteiger partial charge in [-0.05, 0) is 0 Å². The largest absolute Gasteiger partial charge is 0.472 e. The Bertz CT molecular complexity index is 782. The third-order valence-electron chi connectivity index (χ3n) is 3.63. The summed E-state index contributed by atoms with van der Waals surface area (Å²) < 4.78 is 28.0. The lowest BCUT2D eigenvalue weighted by Gasteiger charge is -2.27. The number of phosphoric ester groups is 1. The topological polar surface area (TPSA) is 155 Å². The number of nitrogens with zero attached hydrogens (tertiary/aromatic N) is 4. The maximum absolute atomic E-state index is 11.5. The van der Waals surface area contributed by atoms with Gasteiger partial charge in [-0.15, -0.1) is 0 Å². The quantitative estimate of drug-likeness (QED) is 0.565. The number of anilines is 1. The van der Waals surface area contributed by atoms with E-state index < -0.39 is 32.4 Å². The first kappa shape index (κ1) is 14.0. The molecule has 2 aromatic heterocycles. The Morgan fingerprint density at radius 1 is 1.45 bits per heavy atom. The van der Waals surface area contributed by atoms with Gasteiger partial charge in [-0.2, -0.15) is 5.10 Å². The summed E-state index contributed by atoms with van der Waals surface area (Å²) in [6.45, 7) is -0.164. The first-order valence-corrected chi connectivity index (χ1v) is 7.89. The van der Waals surface area contributed by atoms with Crippen molar-refractivity contribution in [3.63, 3.8) is 0 Å². The van der Waals surface area contributed by atoms with E-state index in [9.17, 15) is 14.6 Å². The van der Waals surface area contributed by atoms with Gasteiger partial charge in [0.05, 0.1) is 18.2 Å². The zero-order valence-electron chi connectivity index (χ0n) is 11.0. The summed E-state index contributed by atoms with van der Waals surface area (Å²) in [7, 11) is -4.17. The molecule has 2 fully saturated rings. The van der Waals surface area contributed by atoms with Crippen LogP contribution in [0.1, 0.15) is 6.23 Å². The predicted octanol–water partition coefficient (Wildman–Crippen LogP) is -0.817. The lowest BCUT2D eigenvalue weighted by atomic mass is 10.1. The second kappa shape index (κ2) is 4.69. The van der Waals surface area contributed by atoms with Crippen LogP contribution in [-0.2, 0) is 18.3 Å². The number of rotatable bonds is 1. The smallest absolute Gasteiger partial charge is 0.385 e. The molecule has 22 heavy (non-hydrogen) atoms. The fraction of sp³-hybridized carbons (Fsp3) is 0.500. The Morgan fingerprint density at radius 3 is 3.09 bits per heavy atom. The number of nitrogen functional groups attached to an aromatic ring is 1. The van der Waals surface area contributed by atoms with Crippen LogP contribution in [0.4, 0.5) is 5.82 Å².